The molecule has 112 valence electrons. The van der Waals surface area contributed by atoms with E-state index >= 15 is 0 Å². The van der Waals surface area contributed by atoms with Crippen molar-refractivity contribution in [3.05, 3.63) is 18.0 Å². The van der Waals surface area contributed by atoms with Gasteiger partial charge in [-0.25, -0.2) is 0 Å². The Morgan fingerprint density at radius 1 is 1.30 bits per heavy atom. The van der Waals surface area contributed by atoms with Gasteiger partial charge in [0, 0.05) is 49.0 Å². The van der Waals surface area contributed by atoms with Gasteiger partial charge in [0.1, 0.15) is 0 Å². The monoisotopic (exact) mass is 276 g/mol. The van der Waals surface area contributed by atoms with Crippen molar-refractivity contribution in [2.75, 3.05) is 13.1 Å². The van der Waals surface area contributed by atoms with Gasteiger partial charge in [-0.1, -0.05) is 12.8 Å². The second-order valence-corrected chi connectivity index (χ2v) is 7.21. The third kappa shape index (κ3) is 2.63. The summed E-state index contributed by atoms with van der Waals surface area (Å²) in [5.41, 5.74) is 1.95. The van der Waals surface area contributed by atoms with Crippen LogP contribution in [0.2, 0.25) is 0 Å². The number of nitrogens with zero attached hydrogens (tertiary/aromatic N) is 3. The van der Waals surface area contributed by atoms with Gasteiger partial charge < -0.3 is 5.32 Å². The number of aryl methyl sites for hydroxylation is 1. The van der Waals surface area contributed by atoms with Gasteiger partial charge in [0.25, 0.3) is 0 Å². The first-order valence-corrected chi connectivity index (χ1v) is 8.04. The van der Waals surface area contributed by atoms with E-state index < -0.39 is 0 Å². The quantitative estimate of drug-likeness (QED) is 0.920. The minimum absolute atomic E-state index is 0.224. The highest BCUT2D eigenvalue weighted by molar-refractivity contribution is 5.09. The molecule has 1 aromatic heterocycles. The van der Waals surface area contributed by atoms with Gasteiger partial charge in [-0.15, -0.1) is 0 Å². The van der Waals surface area contributed by atoms with Gasteiger partial charge >= 0.3 is 0 Å². The number of hydrogen-bond donors (Lipinski definition) is 1. The van der Waals surface area contributed by atoms with E-state index in [1.807, 2.05) is 10.9 Å². The van der Waals surface area contributed by atoms with Crippen LogP contribution in [-0.2, 0) is 13.1 Å². The Bertz CT molecular complexity index is 457. The van der Waals surface area contributed by atoms with Gasteiger partial charge in [0.05, 0.1) is 6.20 Å². The van der Waals surface area contributed by atoms with Crippen molar-refractivity contribution < 1.29 is 0 Å². The molecule has 2 aliphatic rings. The summed E-state index contributed by atoms with van der Waals surface area (Å²) in [6, 6.07) is 0. The molecule has 4 nitrogen and oxygen atoms in total. The van der Waals surface area contributed by atoms with Crippen LogP contribution >= 0.6 is 0 Å². The molecule has 20 heavy (non-hydrogen) atoms. The molecule has 1 aliphatic heterocycles. The van der Waals surface area contributed by atoms with E-state index in [1.54, 1.807) is 0 Å². The lowest BCUT2D eigenvalue weighted by molar-refractivity contribution is 0.0217. The smallest absolute Gasteiger partial charge is 0.0534 e. The van der Waals surface area contributed by atoms with Crippen molar-refractivity contribution in [1.29, 1.82) is 0 Å². The van der Waals surface area contributed by atoms with Crippen LogP contribution in [0.5, 0.6) is 0 Å². The van der Waals surface area contributed by atoms with Crippen LogP contribution in [-0.4, -0.2) is 38.8 Å². The molecule has 1 aliphatic carbocycles. The SMILES string of the molecule is CCn1cc(CN2CC3(CCCC3)NCC2(C)C)cn1. The lowest BCUT2D eigenvalue weighted by Crippen LogP contribution is -2.66. The zero-order valence-corrected chi connectivity index (χ0v) is 13.2. The second kappa shape index (κ2) is 5.15. The molecule has 3 rings (SSSR count). The number of aromatic nitrogens is 2. The minimum atomic E-state index is 0.224. The normalized spacial score (nSPS) is 25.4. The molecule has 4 heteroatoms. The summed E-state index contributed by atoms with van der Waals surface area (Å²) in [4.78, 5) is 2.66. The summed E-state index contributed by atoms with van der Waals surface area (Å²) in [5, 5.41) is 8.27. The molecular weight excluding hydrogens is 248 g/mol. The van der Waals surface area contributed by atoms with E-state index in [2.05, 4.69) is 42.3 Å². The summed E-state index contributed by atoms with van der Waals surface area (Å²) in [6.07, 6.45) is 9.67. The van der Waals surface area contributed by atoms with Crippen molar-refractivity contribution in [3.63, 3.8) is 0 Å². The van der Waals surface area contributed by atoms with Gasteiger partial charge in [0.2, 0.25) is 0 Å². The van der Waals surface area contributed by atoms with Gasteiger partial charge in [-0.3, -0.25) is 9.58 Å². The summed E-state index contributed by atoms with van der Waals surface area (Å²) in [7, 11) is 0. The maximum atomic E-state index is 4.41. The van der Waals surface area contributed by atoms with E-state index in [-0.39, 0.29) is 5.54 Å². The van der Waals surface area contributed by atoms with E-state index in [0.29, 0.717) is 5.54 Å². The van der Waals surface area contributed by atoms with E-state index in [0.717, 1.165) is 19.6 Å². The fraction of sp³-hybridized carbons (Fsp3) is 0.812. The van der Waals surface area contributed by atoms with Crippen LogP contribution in [0.15, 0.2) is 12.4 Å². The van der Waals surface area contributed by atoms with Crippen molar-refractivity contribution >= 4 is 0 Å². The number of hydrogen-bond acceptors (Lipinski definition) is 3. The van der Waals surface area contributed by atoms with E-state index in [1.165, 1.54) is 37.8 Å². The Hall–Kier alpha value is -0.870. The highest BCUT2D eigenvalue weighted by Gasteiger charge is 2.44. The van der Waals surface area contributed by atoms with Crippen LogP contribution in [0.1, 0.15) is 52.0 Å². The fourth-order valence-electron chi connectivity index (χ4n) is 3.69. The third-order valence-electron chi connectivity index (χ3n) is 5.19. The van der Waals surface area contributed by atoms with Crippen LogP contribution in [0.3, 0.4) is 0 Å². The topological polar surface area (TPSA) is 33.1 Å². The molecule has 2 heterocycles. The summed E-state index contributed by atoms with van der Waals surface area (Å²) in [6.45, 7) is 11.1. The molecule has 1 spiro atoms. The largest absolute Gasteiger partial charge is 0.308 e. The third-order valence-corrected chi connectivity index (χ3v) is 5.19. The first-order chi connectivity index (χ1) is 9.53. The molecule has 0 atom stereocenters. The highest BCUT2D eigenvalue weighted by Crippen LogP contribution is 2.36. The van der Waals surface area contributed by atoms with Gasteiger partial charge in [-0.05, 0) is 33.6 Å². The molecule has 1 N–H and O–H groups in total. The van der Waals surface area contributed by atoms with Crippen LogP contribution in [0, 0.1) is 0 Å². The van der Waals surface area contributed by atoms with Crippen LogP contribution < -0.4 is 5.32 Å². The molecule has 2 fully saturated rings. The minimum Gasteiger partial charge on any atom is -0.308 e. The zero-order chi connectivity index (χ0) is 14.2. The van der Waals surface area contributed by atoms with Crippen molar-refractivity contribution in [2.45, 2.75) is 70.6 Å². The molecule has 0 aromatic carbocycles. The predicted octanol–water partition coefficient (Wildman–Crippen LogP) is 2.40. The predicted molar refractivity (Wildman–Crippen MR) is 81.6 cm³/mol. The summed E-state index contributed by atoms with van der Waals surface area (Å²) < 4.78 is 2.02. The molecule has 1 saturated carbocycles. The first kappa shape index (κ1) is 14.1. The molecule has 0 radical (unpaired) electrons. The zero-order valence-electron chi connectivity index (χ0n) is 13.2. The molecule has 0 unspecified atom stereocenters. The number of rotatable bonds is 3. The number of piperazine rings is 1. The maximum Gasteiger partial charge on any atom is 0.0534 e. The fourth-order valence-corrected chi connectivity index (χ4v) is 3.69. The van der Waals surface area contributed by atoms with Crippen molar-refractivity contribution in [1.82, 2.24) is 20.0 Å². The van der Waals surface area contributed by atoms with E-state index in [9.17, 15) is 0 Å². The van der Waals surface area contributed by atoms with Crippen molar-refractivity contribution in [3.8, 4) is 0 Å². The second-order valence-electron chi connectivity index (χ2n) is 7.21. The average molecular weight is 276 g/mol. The highest BCUT2D eigenvalue weighted by atomic mass is 15.3. The molecule has 1 aromatic rings. The molecular formula is C16H28N4. The first-order valence-electron chi connectivity index (χ1n) is 8.04. The molecule has 0 amide bonds. The van der Waals surface area contributed by atoms with Gasteiger partial charge in [0.15, 0.2) is 0 Å². The van der Waals surface area contributed by atoms with Gasteiger partial charge in [-0.2, -0.15) is 5.10 Å². The standard InChI is InChI=1S/C16H28N4/c1-4-20-11-14(9-18-20)10-19-13-16(7-5-6-8-16)17-12-15(19,2)3/h9,11,17H,4-8,10,12-13H2,1-3H3. The summed E-state index contributed by atoms with van der Waals surface area (Å²) in [5.74, 6) is 0. The number of nitrogens with one attached hydrogen (secondary N) is 1. The van der Waals surface area contributed by atoms with E-state index in [4.69, 9.17) is 0 Å². The van der Waals surface area contributed by atoms with Crippen LogP contribution in [0.25, 0.3) is 0 Å². The Morgan fingerprint density at radius 2 is 2.05 bits per heavy atom. The lowest BCUT2D eigenvalue weighted by Gasteiger charge is -2.51. The maximum absolute atomic E-state index is 4.41. The lowest BCUT2D eigenvalue weighted by atomic mass is 9.87. The Morgan fingerprint density at radius 3 is 2.70 bits per heavy atom. The Balaban J connectivity index is 1.74. The molecule has 0 bridgehead atoms. The average Bonchev–Trinajstić information content (AvgIpc) is 3.04. The Kier molecular flexibility index (Phi) is 3.63. The van der Waals surface area contributed by atoms with Crippen molar-refractivity contribution in [2.24, 2.45) is 0 Å². The summed E-state index contributed by atoms with van der Waals surface area (Å²) >= 11 is 0. The Labute approximate surface area is 122 Å². The molecule has 1 saturated heterocycles. The van der Waals surface area contributed by atoms with Crippen LogP contribution in [0.4, 0.5) is 0 Å².